The van der Waals surface area contributed by atoms with Crippen molar-refractivity contribution in [2.24, 2.45) is 23.7 Å². The van der Waals surface area contributed by atoms with Crippen LogP contribution in [-0.2, 0) is 19.1 Å². The van der Waals surface area contributed by atoms with E-state index < -0.39 is 18.5 Å². The molecule has 1 N–H and O–H groups in total. The van der Waals surface area contributed by atoms with E-state index in [0.717, 1.165) is 12.8 Å². The number of carbonyl (C=O) groups excluding carboxylic acids is 4. The number of amides is 3. The summed E-state index contributed by atoms with van der Waals surface area (Å²) in [6, 6.07) is 23.2. The van der Waals surface area contributed by atoms with Crippen molar-refractivity contribution in [1.29, 1.82) is 0 Å². The fourth-order valence-electron chi connectivity index (χ4n) is 6.53. The molecule has 0 unspecified atom stereocenters. The minimum absolute atomic E-state index is 0.138. The van der Waals surface area contributed by atoms with E-state index in [1.165, 1.54) is 22.6 Å². The van der Waals surface area contributed by atoms with Crippen LogP contribution in [0.15, 0.2) is 78.9 Å². The molecule has 5 atom stereocenters. The van der Waals surface area contributed by atoms with E-state index in [9.17, 15) is 19.2 Å². The molecular weight excluding hydrogens is 504 g/mol. The standard InChI is InChI=1S/C30H25ClN2O5/c31-23-11-4-5-12-24(23)32-25(34)16-38-30(37)18-9-6-10-20(13-18)33-28(35)26-19-14-21(17-7-2-1-3-8-17)22(15-19)27(26)29(33)36/h1-13,19,21-22,26-27H,14-16H2,(H,32,34)/t19-,21+,22+,26+,27+/m0/s1. The number of ether oxygens (including phenoxy) is 1. The molecule has 2 saturated carbocycles. The average molecular weight is 529 g/mol. The van der Waals surface area contributed by atoms with Crippen molar-refractivity contribution in [1.82, 2.24) is 0 Å². The zero-order valence-electron chi connectivity index (χ0n) is 20.4. The number of para-hydroxylation sites is 1. The summed E-state index contributed by atoms with van der Waals surface area (Å²) >= 11 is 6.04. The summed E-state index contributed by atoms with van der Waals surface area (Å²) in [7, 11) is 0. The zero-order chi connectivity index (χ0) is 26.4. The first-order valence-electron chi connectivity index (χ1n) is 12.7. The van der Waals surface area contributed by atoms with Crippen LogP contribution in [-0.4, -0.2) is 30.3 Å². The summed E-state index contributed by atoms with van der Waals surface area (Å²) in [6.45, 7) is -0.510. The van der Waals surface area contributed by atoms with E-state index in [4.69, 9.17) is 16.3 Å². The first kappa shape index (κ1) is 24.4. The molecule has 3 fully saturated rings. The maximum Gasteiger partial charge on any atom is 0.338 e. The number of nitrogens with zero attached hydrogens (tertiary/aromatic N) is 1. The lowest BCUT2D eigenvalue weighted by Crippen LogP contribution is -2.33. The summed E-state index contributed by atoms with van der Waals surface area (Å²) in [5.41, 5.74) is 2.13. The zero-order valence-corrected chi connectivity index (χ0v) is 21.1. The molecule has 0 spiro atoms. The molecule has 3 aromatic carbocycles. The molecule has 192 valence electrons. The molecule has 1 saturated heterocycles. The first-order chi connectivity index (χ1) is 18.4. The van der Waals surface area contributed by atoms with Gasteiger partial charge in [-0.3, -0.25) is 19.3 Å². The van der Waals surface area contributed by atoms with Crippen LogP contribution >= 0.6 is 11.6 Å². The van der Waals surface area contributed by atoms with E-state index >= 15 is 0 Å². The number of anilines is 2. The highest BCUT2D eigenvalue weighted by Gasteiger charge is 2.64. The monoisotopic (exact) mass is 528 g/mol. The van der Waals surface area contributed by atoms with Crippen molar-refractivity contribution in [2.45, 2.75) is 18.8 Å². The number of esters is 1. The van der Waals surface area contributed by atoms with E-state index in [1.807, 2.05) is 18.2 Å². The SMILES string of the molecule is O=C(COC(=O)c1cccc(N2C(=O)[C@@H]3[C@@H]4C[C@@H]([C@H]3C2=O)[C@@H](c2ccccc2)C4)c1)Nc1ccccc1Cl. The Morgan fingerprint density at radius 2 is 1.63 bits per heavy atom. The van der Waals surface area contributed by atoms with E-state index in [-0.39, 0.29) is 47.0 Å². The predicted octanol–water partition coefficient (Wildman–Crippen LogP) is 5.06. The van der Waals surface area contributed by atoms with Gasteiger partial charge in [0, 0.05) is 0 Å². The van der Waals surface area contributed by atoms with E-state index in [2.05, 4.69) is 17.4 Å². The highest BCUT2D eigenvalue weighted by Crippen LogP contribution is 2.61. The number of hydrogen-bond acceptors (Lipinski definition) is 5. The van der Waals surface area contributed by atoms with E-state index in [0.29, 0.717) is 16.4 Å². The largest absolute Gasteiger partial charge is 0.452 e. The normalized spacial score (nSPS) is 25.4. The Hall–Kier alpha value is -3.97. The van der Waals surface area contributed by atoms with Gasteiger partial charge in [0.15, 0.2) is 6.61 Å². The maximum absolute atomic E-state index is 13.6. The second-order valence-corrected chi connectivity index (χ2v) is 10.5. The van der Waals surface area contributed by atoms with Crippen molar-refractivity contribution in [3.05, 3.63) is 95.0 Å². The Morgan fingerprint density at radius 3 is 2.42 bits per heavy atom. The molecule has 3 aliphatic rings. The van der Waals surface area contributed by atoms with E-state index in [1.54, 1.807) is 36.4 Å². The van der Waals surface area contributed by atoms with Crippen LogP contribution in [0.1, 0.15) is 34.7 Å². The van der Waals surface area contributed by atoms with Crippen molar-refractivity contribution >= 4 is 46.7 Å². The number of benzene rings is 3. The van der Waals surface area contributed by atoms with Crippen LogP contribution in [0.3, 0.4) is 0 Å². The Kier molecular flexibility index (Phi) is 6.24. The van der Waals surface area contributed by atoms with Crippen LogP contribution in [0.2, 0.25) is 5.02 Å². The van der Waals surface area contributed by atoms with Gasteiger partial charge >= 0.3 is 5.97 Å². The minimum Gasteiger partial charge on any atom is -0.452 e. The number of rotatable bonds is 6. The van der Waals surface area contributed by atoms with Crippen LogP contribution in [0.25, 0.3) is 0 Å². The number of nitrogens with one attached hydrogen (secondary N) is 1. The lowest BCUT2D eigenvalue weighted by molar-refractivity contribution is -0.123. The summed E-state index contributed by atoms with van der Waals surface area (Å²) in [5, 5.41) is 2.96. The average Bonchev–Trinajstić information content (AvgIpc) is 3.60. The third-order valence-corrected chi connectivity index (χ3v) is 8.40. The predicted molar refractivity (Wildman–Crippen MR) is 142 cm³/mol. The Bertz CT molecular complexity index is 1440. The number of carbonyl (C=O) groups is 4. The van der Waals surface area contributed by atoms with Gasteiger partial charge in [-0.25, -0.2) is 4.79 Å². The molecule has 7 nitrogen and oxygen atoms in total. The third-order valence-electron chi connectivity index (χ3n) is 8.07. The third kappa shape index (κ3) is 4.17. The molecule has 6 rings (SSSR count). The molecule has 3 aromatic rings. The van der Waals surface area contributed by atoms with Gasteiger partial charge in [0.2, 0.25) is 11.8 Å². The van der Waals surface area contributed by atoms with Crippen molar-refractivity contribution in [2.75, 3.05) is 16.8 Å². The summed E-state index contributed by atoms with van der Waals surface area (Å²) < 4.78 is 5.17. The van der Waals surface area contributed by atoms with Crippen LogP contribution in [0.5, 0.6) is 0 Å². The van der Waals surface area contributed by atoms with Gasteiger partial charge in [-0.05, 0) is 66.5 Å². The molecule has 2 bridgehead atoms. The number of fused-ring (bicyclic) bond motifs is 5. The van der Waals surface area contributed by atoms with Gasteiger partial charge in [0.1, 0.15) is 0 Å². The van der Waals surface area contributed by atoms with Crippen LogP contribution in [0.4, 0.5) is 11.4 Å². The number of hydrogen-bond donors (Lipinski definition) is 1. The van der Waals surface area contributed by atoms with Gasteiger partial charge < -0.3 is 10.1 Å². The lowest BCUT2D eigenvalue weighted by atomic mass is 9.73. The molecule has 8 heteroatoms. The Morgan fingerprint density at radius 1 is 0.895 bits per heavy atom. The van der Waals surface area contributed by atoms with Gasteiger partial charge in [-0.2, -0.15) is 0 Å². The highest BCUT2D eigenvalue weighted by molar-refractivity contribution is 6.33. The maximum atomic E-state index is 13.6. The van der Waals surface area contributed by atoms with Crippen LogP contribution in [0, 0.1) is 23.7 Å². The summed E-state index contributed by atoms with van der Waals surface area (Å²) in [6.07, 6.45) is 1.80. The number of halogens is 1. The fraction of sp³-hybridized carbons (Fsp3) is 0.267. The molecule has 38 heavy (non-hydrogen) atoms. The molecule has 3 amide bonds. The minimum atomic E-state index is -0.732. The smallest absolute Gasteiger partial charge is 0.338 e. The topological polar surface area (TPSA) is 92.8 Å². The van der Waals surface area contributed by atoms with Crippen molar-refractivity contribution < 1.29 is 23.9 Å². The quantitative estimate of drug-likeness (QED) is 0.356. The highest BCUT2D eigenvalue weighted by atomic mass is 35.5. The number of imide groups is 1. The molecule has 1 aliphatic heterocycles. The molecular formula is C30H25ClN2O5. The van der Waals surface area contributed by atoms with Gasteiger partial charge in [-0.1, -0.05) is 60.1 Å². The fourth-order valence-corrected chi connectivity index (χ4v) is 6.72. The van der Waals surface area contributed by atoms with Crippen molar-refractivity contribution in [3.63, 3.8) is 0 Å². The Labute approximate surface area is 224 Å². The molecule has 2 aliphatic carbocycles. The summed E-state index contributed by atoms with van der Waals surface area (Å²) in [4.78, 5) is 53.2. The van der Waals surface area contributed by atoms with Crippen LogP contribution < -0.4 is 10.2 Å². The second kappa shape index (κ2) is 9.72. The lowest BCUT2D eigenvalue weighted by Gasteiger charge is -2.28. The van der Waals surface area contributed by atoms with Gasteiger partial charge in [0.05, 0.1) is 33.8 Å². The summed E-state index contributed by atoms with van der Waals surface area (Å²) in [5.74, 6) is -1.71. The molecule has 0 radical (unpaired) electrons. The van der Waals surface area contributed by atoms with Gasteiger partial charge in [-0.15, -0.1) is 0 Å². The molecule has 1 heterocycles. The molecule has 0 aromatic heterocycles. The van der Waals surface area contributed by atoms with Crippen molar-refractivity contribution in [3.8, 4) is 0 Å². The van der Waals surface area contributed by atoms with Gasteiger partial charge in [0.25, 0.3) is 5.91 Å². The second-order valence-electron chi connectivity index (χ2n) is 10.1. The Balaban J connectivity index is 1.15. The first-order valence-corrected chi connectivity index (χ1v) is 13.0.